The number of amides is 1. The molecule has 3 aromatic rings. The molecule has 1 aliphatic rings. The number of nitrogens with one attached hydrogen (secondary N) is 1. The number of carbonyl (C=O) groups excluding carboxylic acids is 1. The molecule has 0 spiro atoms. The monoisotopic (exact) mass is 474 g/mol. The van der Waals surface area contributed by atoms with Crippen molar-refractivity contribution in [2.45, 2.75) is 38.0 Å². The number of rotatable bonds is 5. The number of allylic oxidation sites excluding steroid dienone is 1. The number of aryl methyl sites for hydroxylation is 1. The van der Waals surface area contributed by atoms with Crippen LogP contribution in [0.1, 0.15) is 29.7 Å². The molecule has 0 radical (unpaired) electrons. The molecule has 2 aromatic carbocycles. The average molecular weight is 474 g/mol. The van der Waals surface area contributed by atoms with Crippen molar-refractivity contribution in [2.24, 2.45) is 0 Å². The number of hydrogen-bond donors (Lipinski definition) is 2. The molecule has 4 rings (SSSR count). The third-order valence-electron chi connectivity index (χ3n) is 5.93. The topological polar surface area (TPSA) is 102 Å². The third kappa shape index (κ3) is 4.05. The summed E-state index contributed by atoms with van der Waals surface area (Å²) in [5.41, 5.74) is -2.71. The van der Waals surface area contributed by atoms with E-state index in [0.29, 0.717) is 35.2 Å². The Balaban J connectivity index is 1.68. The number of methoxy groups -OCH3 is 1. The second-order valence-corrected chi connectivity index (χ2v) is 8.06. The molecule has 1 heterocycles. The zero-order chi connectivity index (χ0) is 24.7. The Kier molecular flexibility index (Phi) is 5.94. The van der Waals surface area contributed by atoms with Crippen molar-refractivity contribution in [2.75, 3.05) is 12.4 Å². The number of benzene rings is 2. The van der Waals surface area contributed by atoms with Gasteiger partial charge in [0.25, 0.3) is 5.91 Å². The van der Waals surface area contributed by atoms with Gasteiger partial charge < -0.3 is 19.7 Å². The highest BCUT2D eigenvalue weighted by molar-refractivity contribution is 6.01. The first-order valence-electron chi connectivity index (χ1n) is 10.4. The largest absolute Gasteiger partial charge is 0.496 e. The Hall–Kier alpha value is -3.66. The van der Waals surface area contributed by atoms with E-state index in [2.05, 4.69) is 15.0 Å². The quantitative estimate of drug-likeness (QED) is 0.576. The van der Waals surface area contributed by atoms with Crippen LogP contribution in [0.2, 0.25) is 0 Å². The van der Waals surface area contributed by atoms with Crippen LogP contribution in [-0.2, 0) is 11.2 Å². The molecule has 1 unspecified atom stereocenters. The number of aliphatic hydroxyl groups is 1. The molecule has 34 heavy (non-hydrogen) atoms. The summed E-state index contributed by atoms with van der Waals surface area (Å²) in [4.78, 5) is 24.7. The third-order valence-corrected chi connectivity index (χ3v) is 5.93. The van der Waals surface area contributed by atoms with Gasteiger partial charge >= 0.3 is 11.8 Å². The van der Waals surface area contributed by atoms with Crippen LogP contribution in [0.5, 0.6) is 5.75 Å². The molecule has 1 atom stereocenters. The van der Waals surface area contributed by atoms with Gasteiger partial charge in [0.2, 0.25) is 5.60 Å². The summed E-state index contributed by atoms with van der Waals surface area (Å²) in [5.74, 6) is -1.10. The van der Waals surface area contributed by atoms with Gasteiger partial charge in [-0.2, -0.15) is 13.2 Å². The molecule has 0 bridgehead atoms. The lowest BCUT2D eigenvalue weighted by atomic mass is 9.82. The summed E-state index contributed by atoms with van der Waals surface area (Å²) >= 11 is 0. The van der Waals surface area contributed by atoms with Gasteiger partial charge in [-0.25, -0.2) is 4.79 Å². The van der Waals surface area contributed by atoms with E-state index in [4.69, 9.17) is 4.74 Å². The number of anilines is 1. The van der Waals surface area contributed by atoms with E-state index in [1.807, 2.05) is 0 Å². The molecule has 0 saturated carbocycles. The predicted molar refractivity (Wildman–Crippen MR) is 119 cm³/mol. The highest BCUT2D eigenvalue weighted by atomic mass is 19.4. The van der Waals surface area contributed by atoms with Gasteiger partial charge in [-0.1, -0.05) is 23.4 Å². The number of aromatic nitrogens is 1. The van der Waals surface area contributed by atoms with Crippen molar-refractivity contribution in [1.29, 1.82) is 0 Å². The minimum absolute atomic E-state index is 0.0321. The Morgan fingerprint density at radius 3 is 2.71 bits per heavy atom. The van der Waals surface area contributed by atoms with Gasteiger partial charge in [-0.3, -0.25) is 4.79 Å². The molecule has 1 aliphatic carbocycles. The lowest BCUT2D eigenvalue weighted by Gasteiger charge is -2.31. The van der Waals surface area contributed by atoms with E-state index in [1.165, 1.54) is 25.3 Å². The summed E-state index contributed by atoms with van der Waals surface area (Å²) in [6, 6.07) is 8.87. The van der Waals surface area contributed by atoms with Gasteiger partial charge in [0.05, 0.1) is 18.2 Å². The summed E-state index contributed by atoms with van der Waals surface area (Å²) < 4.78 is 52.2. The number of carbonyl (C=O) groups is 1. The Morgan fingerprint density at radius 2 is 2.00 bits per heavy atom. The SMILES string of the molecule is COc1cccc2c1CCC=C2CC(O)(C(=O)Nc1ccc2c(=O)onc(C)c2c1)C(F)(F)F. The average Bonchev–Trinajstić information content (AvgIpc) is 2.80. The maximum atomic E-state index is 14.1. The van der Waals surface area contributed by atoms with Crippen LogP contribution < -0.4 is 15.7 Å². The van der Waals surface area contributed by atoms with Crippen molar-refractivity contribution < 1.29 is 32.3 Å². The number of hydrogen-bond acceptors (Lipinski definition) is 6. The smallest absolute Gasteiger partial charge is 0.426 e. The van der Waals surface area contributed by atoms with Crippen LogP contribution in [0.4, 0.5) is 18.9 Å². The fourth-order valence-electron chi connectivity index (χ4n) is 4.11. The van der Waals surface area contributed by atoms with Gasteiger partial charge in [0.15, 0.2) is 0 Å². The first-order chi connectivity index (χ1) is 16.0. The molecule has 0 aliphatic heterocycles. The highest BCUT2D eigenvalue weighted by Crippen LogP contribution is 2.42. The molecular formula is C24H21F3N2O5. The van der Waals surface area contributed by atoms with Crippen molar-refractivity contribution in [1.82, 2.24) is 5.16 Å². The second-order valence-electron chi connectivity index (χ2n) is 8.06. The van der Waals surface area contributed by atoms with Crippen LogP contribution in [0.15, 0.2) is 51.8 Å². The van der Waals surface area contributed by atoms with Crippen molar-refractivity contribution in [3.05, 3.63) is 69.7 Å². The number of halogens is 3. The maximum absolute atomic E-state index is 14.1. The van der Waals surface area contributed by atoms with Crippen LogP contribution in [0, 0.1) is 6.92 Å². The molecule has 178 valence electrons. The van der Waals surface area contributed by atoms with E-state index in [9.17, 15) is 27.9 Å². The first kappa shape index (κ1) is 23.5. The van der Waals surface area contributed by atoms with E-state index in [1.54, 1.807) is 31.2 Å². The van der Waals surface area contributed by atoms with E-state index in [0.717, 1.165) is 5.56 Å². The number of fused-ring (bicyclic) bond motifs is 2. The summed E-state index contributed by atoms with van der Waals surface area (Å²) in [6.45, 7) is 1.55. The molecule has 0 saturated heterocycles. The normalized spacial score (nSPS) is 15.3. The fraction of sp³-hybridized carbons (Fsp3) is 0.292. The van der Waals surface area contributed by atoms with Gasteiger partial charge in [-0.15, -0.1) is 0 Å². The van der Waals surface area contributed by atoms with Crippen LogP contribution in [0.25, 0.3) is 16.3 Å². The van der Waals surface area contributed by atoms with Gasteiger partial charge in [-0.05, 0) is 55.2 Å². The summed E-state index contributed by atoms with van der Waals surface area (Å²) in [5, 5.41) is 16.9. The molecular weight excluding hydrogens is 453 g/mol. The van der Waals surface area contributed by atoms with Crippen LogP contribution in [0.3, 0.4) is 0 Å². The van der Waals surface area contributed by atoms with E-state index < -0.39 is 29.7 Å². The Labute approximate surface area is 191 Å². The predicted octanol–water partition coefficient (Wildman–Crippen LogP) is 4.16. The van der Waals surface area contributed by atoms with Gasteiger partial charge in [0.1, 0.15) is 5.75 Å². The zero-order valence-electron chi connectivity index (χ0n) is 18.3. The highest BCUT2D eigenvalue weighted by Gasteiger charge is 2.59. The molecule has 10 heteroatoms. The Bertz CT molecular complexity index is 1360. The fourth-order valence-corrected chi connectivity index (χ4v) is 4.11. The Morgan fingerprint density at radius 1 is 1.24 bits per heavy atom. The molecule has 7 nitrogen and oxygen atoms in total. The zero-order valence-corrected chi connectivity index (χ0v) is 18.3. The van der Waals surface area contributed by atoms with E-state index >= 15 is 0 Å². The van der Waals surface area contributed by atoms with Gasteiger partial charge in [0, 0.05) is 23.1 Å². The van der Waals surface area contributed by atoms with Crippen molar-refractivity contribution in [3.63, 3.8) is 0 Å². The second kappa shape index (κ2) is 8.60. The minimum atomic E-state index is -5.26. The summed E-state index contributed by atoms with van der Waals surface area (Å²) in [7, 11) is 1.47. The standard InChI is InChI=1S/C24H21F3N2O5/c1-13-19-11-15(9-10-18(19)21(30)34-29-13)28-22(31)23(32,24(25,26)27)12-14-5-3-7-17-16(14)6-4-8-20(17)33-2/h4-6,8-11,32H,3,7,12H2,1-2H3,(H,28,31). The van der Waals surface area contributed by atoms with Crippen LogP contribution >= 0.6 is 0 Å². The lowest BCUT2D eigenvalue weighted by molar-refractivity contribution is -0.247. The lowest BCUT2D eigenvalue weighted by Crippen LogP contribution is -2.54. The van der Waals surface area contributed by atoms with Crippen molar-refractivity contribution in [3.8, 4) is 5.75 Å². The maximum Gasteiger partial charge on any atom is 0.426 e. The minimum Gasteiger partial charge on any atom is -0.496 e. The van der Waals surface area contributed by atoms with Crippen LogP contribution in [-0.4, -0.2) is 35.1 Å². The molecule has 2 N–H and O–H groups in total. The number of nitrogens with zero attached hydrogens (tertiary/aromatic N) is 1. The van der Waals surface area contributed by atoms with E-state index in [-0.39, 0.29) is 16.6 Å². The molecule has 1 amide bonds. The first-order valence-corrected chi connectivity index (χ1v) is 10.4. The molecule has 1 aromatic heterocycles. The number of alkyl halides is 3. The summed E-state index contributed by atoms with van der Waals surface area (Å²) in [6.07, 6.45) is -3.63. The number of ether oxygens (including phenoxy) is 1. The van der Waals surface area contributed by atoms with Crippen molar-refractivity contribution >= 4 is 27.9 Å². The molecule has 0 fully saturated rings.